The number of carboxylic acids is 1. The van der Waals surface area contributed by atoms with Gasteiger partial charge in [-0.2, -0.15) is 0 Å². The van der Waals surface area contributed by atoms with E-state index in [0.29, 0.717) is 18.6 Å². The fraction of sp³-hybridized carbons (Fsp3) is 0.667. The molecule has 1 saturated carbocycles. The Hall–Kier alpha value is -2.04. The molecule has 1 fully saturated rings. The van der Waals surface area contributed by atoms with Gasteiger partial charge in [-0.25, -0.2) is 0 Å². The third kappa shape index (κ3) is 7.37. The van der Waals surface area contributed by atoms with Gasteiger partial charge in [0.1, 0.15) is 11.4 Å². The van der Waals surface area contributed by atoms with Crippen LogP contribution in [0.2, 0.25) is 0 Å². The number of aromatic hydroxyl groups is 1. The summed E-state index contributed by atoms with van der Waals surface area (Å²) in [5, 5.41) is 19.7. The summed E-state index contributed by atoms with van der Waals surface area (Å²) in [6.07, 6.45) is 11.2. The summed E-state index contributed by atoms with van der Waals surface area (Å²) in [6.45, 7) is 4.11. The molecule has 1 aromatic carbocycles. The Kier molecular flexibility index (Phi) is 8.54. The zero-order valence-electron chi connectivity index (χ0n) is 17.9. The normalized spacial score (nSPS) is 15.1. The van der Waals surface area contributed by atoms with E-state index >= 15 is 0 Å². The van der Waals surface area contributed by atoms with Gasteiger partial charge in [-0.3, -0.25) is 9.59 Å². The number of rotatable bonds is 15. The monoisotopic (exact) mass is 404 g/mol. The highest BCUT2D eigenvalue weighted by Crippen LogP contribution is 2.43. The molecule has 0 unspecified atom stereocenters. The van der Waals surface area contributed by atoms with Crippen molar-refractivity contribution in [1.82, 2.24) is 0 Å². The van der Waals surface area contributed by atoms with E-state index in [1.807, 2.05) is 18.2 Å². The van der Waals surface area contributed by atoms with Crippen LogP contribution in [-0.2, 0) is 27.2 Å². The molecule has 0 heterocycles. The first-order valence-corrected chi connectivity index (χ1v) is 10.9. The minimum absolute atomic E-state index is 0.163. The van der Waals surface area contributed by atoms with Crippen LogP contribution in [0.4, 0.5) is 0 Å². The Labute approximate surface area is 174 Å². The van der Waals surface area contributed by atoms with Crippen LogP contribution in [0.1, 0.15) is 89.2 Å². The molecule has 0 saturated heterocycles. The second kappa shape index (κ2) is 10.7. The summed E-state index contributed by atoms with van der Waals surface area (Å²) in [6, 6.07) is 5.98. The van der Waals surface area contributed by atoms with Crippen molar-refractivity contribution in [1.29, 1.82) is 0 Å². The van der Waals surface area contributed by atoms with Gasteiger partial charge in [0.15, 0.2) is 0 Å². The molecular weight excluding hydrogens is 368 g/mol. The minimum atomic E-state index is -0.744. The fourth-order valence-electron chi connectivity index (χ4n) is 3.82. The average Bonchev–Trinajstić information content (AvgIpc) is 3.43. The maximum absolute atomic E-state index is 11.1. The highest BCUT2D eigenvalue weighted by atomic mass is 16.5. The Morgan fingerprint density at radius 1 is 1.07 bits per heavy atom. The quantitative estimate of drug-likeness (QED) is 0.301. The number of benzene rings is 1. The van der Waals surface area contributed by atoms with E-state index in [2.05, 4.69) is 0 Å². The van der Waals surface area contributed by atoms with Crippen molar-refractivity contribution < 1.29 is 24.5 Å². The van der Waals surface area contributed by atoms with Gasteiger partial charge >= 0.3 is 5.97 Å². The number of carboxylic acid groups (broad SMARTS) is 1. The lowest BCUT2D eigenvalue weighted by molar-refractivity contribution is -0.147. The second-order valence-corrected chi connectivity index (χ2v) is 9.13. The zero-order valence-corrected chi connectivity index (χ0v) is 17.9. The number of ether oxygens (including phenoxy) is 1. The lowest BCUT2D eigenvalue weighted by Gasteiger charge is -2.18. The van der Waals surface area contributed by atoms with Gasteiger partial charge in [-0.05, 0) is 82.8 Å². The molecule has 1 aromatic rings. The molecule has 2 N–H and O–H groups in total. The molecule has 1 aliphatic rings. The Morgan fingerprint density at radius 2 is 1.66 bits per heavy atom. The number of aliphatic carboxylic acids is 1. The number of unbranched alkanes of at least 4 members (excludes halogenated alkanes) is 4. The zero-order chi connectivity index (χ0) is 21.3. The predicted molar refractivity (Wildman–Crippen MR) is 113 cm³/mol. The highest BCUT2D eigenvalue weighted by molar-refractivity contribution is 5.73. The molecule has 0 spiro atoms. The van der Waals surface area contributed by atoms with Crippen LogP contribution in [0.25, 0.3) is 0 Å². The molecule has 0 atom stereocenters. The van der Waals surface area contributed by atoms with E-state index in [4.69, 9.17) is 9.84 Å². The molecule has 0 bridgehead atoms. The summed E-state index contributed by atoms with van der Waals surface area (Å²) >= 11 is 0. The van der Waals surface area contributed by atoms with Crippen molar-refractivity contribution in [3.05, 3.63) is 29.3 Å². The van der Waals surface area contributed by atoms with E-state index in [1.54, 1.807) is 13.8 Å². The van der Waals surface area contributed by atoms with Crippen LogP contribution < -0.4 is 0 Å². The van der Waals surface area contributed by atoms with Gasteiger partial charge in [0.25, 0.3) is 6.47 Å². The number of para-hydroxylation sites is 1. The average molecular weight is 405 g/mol. The number of hydrogen-bond donors (Lipinski definition) is 2. The van der Waals surface area contributed by atoms with Crippen LogP contribution in [0.3, 0.4) is 0 Å². The SMILES string of the molecule is CC(C)(CCCCCc1cccc(CCCCCC2(OC=O)CC2)c1O)C(=O)O. The molecule has 5 nitrogen and oxygen atoms in total. The first-order chi connectivity index (χ1) is 13.8. The van der Waals surface area contributed by atoms with Gasteiger partial charge in [-0.1, -0.05) is 37.5 Å². The third-order valence-corrected chi connectivity index (χ3v) is 6.21. The standard InChI is InChI=1S/C24H36O5/c1-23(2,22(27)28)14-7-3-5-10-19-12-9-13-20(21(19)26)11-6-4-8-15-24(16-17-24)29-18-25/h9,12-13,18,26H,3-8,10-11,14-17H2,1-2H3,(H,27,28). The predicted octanol–water partition coefficient (Wildman–Crippen LogP) is 5.41. The molecule has 29 heavy (non-hydrogen) atoms. The van der Waals surface area contributed by atoms with E-state index in [1.165, 1.54) is 0 Å². The topological polar surface area (TPSA) is 83.8 Å². The number of carbonyl (C=O) groups is 2. The maximum atomic E-state index is 11.1. The van der Waals surface area contributed by atoms with E-state index in [0.717, 1.165) is 81.8 Å². The number of phenolic OH excluding ortho intramolecular Hbond substituents is 1. The lowest BCUT2D eigenvalue weighted by Crippen LogP contribution is -2.23. The van der Waals surface area contributed by atoms with Gasteiger partial charge in [0.05, 0.1) is 5.41 Å². The van der Waals surface area contributed by atoms with E-state index < -0.39 is 11.4 Å². The lowest BCUT2D eigenvalue weighted by atomic mass is 9.87. The van der Waals surface area contributed by atoms with Crippen molar-refractivity contribution in [3.63, 3.8) is 0 Å². The molecule has 0 aromatic heterocycles. The molecule has 1 aliphatic carbocycles. The van der Waals surface area contributed by atoms with Gasteiger partial charge in [0, 0.05) is 0 Å². The third-order valence-electron chi connectivity index (χ3n) is 6.21. The Morgan fingerprint density at radius 3 is 2.17 bits per heavy atom. The number of hydrogen-bond acceptors (Lipinski definition) is 4. The largest absolute Gasteiger partial charge is 0.507 e. The molecular formula is C24H36O5. The summed E-state index contributed by atoms with van der Waals surface area (Å²) in [4.78, 5) is 21.7. The summed E-state index contributed by atoms with van der Waals surface area (Å²) < 4.78 is 5.18. The minimum Gasteiger partial charge on any atom is -0.507 e. The molecule has 162 valence electrons. The smallest absolute Gasteiger partial charge is 0.309 e. The Balaban J connectivity index is 1.67. The molecule has 0 amide bonds. The van der Waals surface area contributed by atoms with Crippen molar-refractivity contribution in [2.45, 2.75) is 96.5 Å². The van der Waals surface area contributed by atoms with E-state index in [9.17, 15) is 14.7 Å². The first kappa shape index (κ1) is 23.2. The van der Waals surface area contributed by atoms with Crippen molar-refractivity contribution in [2.24, 2.45) is 5.41 Å². The maximum Gasteiger partial charge on any atom is 0.309 e. The van der Waals surface area contributed by atoms with E-state index in [-0.39, 0.29) is 5.60 Å². The molecule has 0 aliphatic heterocycles. The number of carbonyl (C=O) groups excluding carboxylic acids is 1. The highest BCUT2D eigenvalue weighted by Gasteiger charge is 2.44. The number of phenols is 1. The molecule has 2 rings (SSSR count). The van der Waals surface area contributed by atoms with Crippen LogP contribution >= 0.6 is 0 Å². The van der Waals surface area contributed by atoms with Gasteiger partial charge < -0.3 is 14.9 Å². The van der Waals surface area contributed by atoms with Crippen LogP contribution in [-0.4, -0.2) is 28.3 Å². The van der Waals surface area contributed by atoms with Gasteiger partial charge in [0.2, 0.25) is 0 Å². The summed E-state index contributed by atoms with van der Waals surface area (Å²) in [7, 11) is 0. The van der Waals surface area contributed by atoms with Crippen molar-refractivity contribution >= 4 is 12.4 Å². The fourth-order valence-corrected chi connectivity index (χ4v) is 3.82. The first-order valence-electron chi connectivity index (χ1n) is 10.9. The second-order valence-electron chi connectivity index (χ2n) is 9.13. The Bertz CT molecular complexity index is 676. The summed E-state index contributed by atoms with van der Waals surface area (Å²) in [5.41, 5.74) is 1.15. The molecule has 0 radical (unpaired) electrons. The van der Waals surface area contributed by atoms with Gasteiger partial charge in [-0.15, -0.1) is 0 Å². The molecule has 5 heteroatoms. The summed E-state index contributed by atoms with van der Waals surface area (Å²) in [5.74, 6) is -0.326. The van der Waals surface area contributed by atoms with Crippen molar-refractivity contribution in [2.75, 3.05) is 0 Å². The van der Waals surface area contributed by atoms with Crippen LogP contribution in [0.15, 0.2) is 18.2 Å². The van der Waals surface area contributed by atoms with Crippen LogP contribution in [0, 0.1) is 5.41 Å². The van der Waals surface area contributed by atoms with Crippen LogP contribution in [0.5, 0.6) is 5.75 Å². The van der Waals surface area contributed by atoms with Crippen molar-refractivity contribution in [3.8, 4) is 5.75 Å². The number of aryl methyl sites for hydroxylation is 2.